The second kappa shape index (κ2) is 5.42. The Morgan fingerprint density at radius 1 is 1.39 bits per heavy atom. The molecular formula is C18H22N2O3. The second-order valence-corrected chi connectivity index (χ2v) is 7.00. The predicted octanol–water partition coefficient (Wildman–Crippen LogP) is 1.47. The molecule has 5 nitrogen and oxygen atoms in total. The topological polar surface area (TPSA) is 78.4 Å². The summed E-state index contributed by atoms with van der Waals surface area (Å²) in [7, 11) is 0. The lowest BCUT2D eigenvalue weighted by atomic mass is 9.66. The number of rotatable bonds is 6. The summed E-state index contributed by atoms with van der Waals surface area (Å²) in [6.45, 7) is 0. The third kappa shape index (κ3) is 2.30. The molecule has 1 heterocycles. The first-order chi connectivity index (χ1) is 11.2. The third-order valence-electron chi connectivity index (χ3n) is 5.50. The van der Waals surface area contributed by atoms with Crippen LogP contribution >= 0.6 is 0 Å². The Morgan fingerprint density at radius 2 is 2.22 bits per heavy atom. The largest absolute Gasteiger partial charge is 0.480 e. The number of allylic oxidation sites excluding steroid dienone is 2. The van der Waals surface area contributed by atoms with Crippen LogP contribution in [0, 0.1) is 0 Å². The van der Waals surface area contributed by atoms with Gasteiger partial charge in [0.2, 0.25) is 0 Å². The van der Waals surface area contributed by atoms with Crippen molar-refractivity contribution in [1.29, 1.82) is 0 Å². The second-order valence-electron chi connectivity index (χ2n) is 7.00. The van der Waals surface area contributed by atoms with E-state index >= 15 is 0 Å². The van der Waals surface area contributed by atoms with Crippen LogP contribution in [0.25, 0.3) is 0 Å². The Hall–Kier alpha value is -1.72. The molecule has 0 radical (unpaired) electrons. The number of hydrogen-bond donors (Lipinski definition) is 3. The van der Waals surface area contributed by atoms with Crippen molar-refractivity contribution in [2.45, 2.75) is 62.2 Å². The van der Waals surface area contributed by atoms with Crippen LogP contribution in [-0.2, 0) is 9.59 Å². The molecule has 0 aromatic heterocycles. The van der Waals surface area contributed by atoms with Gasteiger partial charge in [-0.1, -0.05) is 18.2 Å². The quantitative estimate of drug-likeness (QED) is 0.647. The highest BCUT2D eigenvalue weighted by Crippen LogP contribution is 2.46. The summed E-state index contributed by atoms with van der Waals surface area (Å²) in [6.07, 6.45) is 11.7. The summed E-state index contributed by atoms with van der Waals surface area (Å²) < 4.78 is 0. The molecular weight excluding hydrogens is 292 g/mol. The van der Waals surface area contributed by atoms with Crippen LogP contribution in [0.5, 0.6) is 0 Å². The minimum atomic E-state index is -1.27. The van der Waals surface area contributed by atoms with Gasteiger partial charge in [0.25, 0.3) is 0 Å². The van der Waals surface area contributed by atoms with Crippen LogP contribution in [0.3, 0.4) is 0 Å². The molecule has 0 aromatic carbocycles. The van der Waals surface area contributed by atoms with E-state index in [-0.39, 0.29) is 24.5 Å². The van der Waals surface area contributed by atoms with Gasteiger partial charge in [-0.2, -0.15) is 0 Å². The first-order valence-electron chi connectivity index (χ1n) is 8.47. The number of carboxylic acids is 1. The van der Waals surface area contributed by atoms with Crippen molar-refractivity contribution in [3.05, 3.63) is 34.9 Å². The third-order valence-corrected chi connectivity index (χ3v) is 5.50. The number of fused-ring (bicyclic) bond motifs is 2. The summed E-state index contributed by atoms with van der Waals surface area (Å²) >= 11 is 0. The van der Waals surface area contributed by atoms with Crippen molar-refractivity contribution < 1.29 is 14.7 Å². The van der Waals surface area contributed by atoms with Crippen molar-refractivity contribution in [1.82, 2.24) is 10.6 Å². The standard InChI is InChI=1S/C18H22N2O3/c21-10-9-18(17(22)23,20-11-5-6-11)16-12-3-1-2-4-14(12)19-15-8-7-13(15)16/h1-3,10-11,14-15,19-20H,4-9H2,(H,22,23). The maximum Gasteiger partial charge on any atom is 0.329 e. The summed E-state index contributed by atoms with van der Waals surface area (Å²) in [5.74, 6) is -0.930. The van der Waals surface area contributed by atoms with Crippen LogP contribution in [0.15, 0.2) is 34.9 Å². The number of nitrogens with one attached hydrogen (secondary N) is 2. The molecule has 3 unspecified atom stereocenters. The van der Waals surface area contributed by atoms with Gasteiger partial charge < -0.3 is 15.2 Å². The van der Waals surface area contributed by atoms with E-state index in [0.29, 0.717) is 0 Å². The SMILES string of the molecule is O=CCC(NC1CC1)(C(=O)O)C1=C2CCC2NC2CC=CC=C12. The molecule has 122 valence electrons. The Kier molecular flexibility index (Phi) is 3.50. The molecule has 4 rings (SSSR count). The number of aliphatic carboxylic acids is 1. The van der Waals surface area contributed by atoms with Gasteiger partial charge in [-0.25, -0.2) is 4.79 Å². The molecule has 1 aliphatic heterocycles. The summed E-state index contributed by atoms with van der Waals surface area (Å²) in [6, 6.07) is 0.645. The zero-order valence-electron chi connectivity index (χ0n) is 13.0. The minimum Gasteiger partial charge on any atom is -0.480 e. The van der Waals surface area contributed by atoms with Gasteiger partial charge in [-0.05, 0) is 48.8 Å². The zero-order valence-corrected chi connectivity index (χ0v) is 13.0. The summed E-state index contributed by atoms with van der Waals surface area (Å²) in [4.78, 5) is 23.7. The highest BCUT2D eigenvalue weighted by Gasteiger charge is 2.52. The van der Waals surface area contributed by atoms with Gasteiger partial charge in [-0.3, -0.25) is 5.32 Å². The van der Waals surface area contributed by atoms with Crippen LogP contribution in [0.1, 0.15) is 38.5 Å². The highest BCUT2D eigenvalue weighted by atomic mass is 16.4. The molecule has 3 N–H and O–H groups in total. The number of carboxylic acid groups (broad SMARTS) is 1. The molecule has 4 aliphatic rings. The lowest BCUT2D eigenvalue weighted by Crippen LogP contribution is -2.61. The van der Waals surface area contributed by atoms with Gasteiger partial charge in [0.1, 0.15) is 11.8 Å². The average Bonchev–Trinajstić information content (AvgIpc) is 3.32. The molecule has 0 aromatic rings. The molecule has 3 aliphatic carbocycles. The summed E-state index contributed by atoms with van der Waals surface area (Å²) in [5, 5.41) is 17.0. The van der Waals surface area contributed by atoms with Gasteiger partial charge in [0.15, 0.2) is 0 Å². The van der Waals surface area contributed by atoms with E-state index in [4.69, 9.17) is 0 Å². The van der Waals surface area contributed by atoms with Gasteiger partial charge in [0.05, 0.1) is 0 Å². The maximum absolute atomic E-state index is 12.3. The molecule has 5 heteroatoms. The van der Waals surface area contributed by atoms with E-state index in [1.54, 1.807) is 0 Å². The first-order valence-corrected chi connectivity index (χ1v) is 8.47. The van der Waals surface area contributed by atoms with Crippen LogP contribution in [0.4, 0.5) is 0 Å². The molecule has 23 heavy (non-hydrogen) atoms. The van der Waals surface area contributed by atoms with Gasteiger partial charge in [-0.15, -0.1) is 0 Å². The fourth-order valence-corrected chi connectivity index (χ4v) is 4.10. The van der Waals surface area contributed by atoms with E-state index in [1.165, 1.54) is 5.57 Å². The van der Waals surface area contributed by atoms with E-state index in [1.807, 2.05) is 12.2 Å². The molecule has 2 saturated carbocycles. The van der Waals surface area contributed by atoms with E-state index < -0.39 is 11.5 Å². The summed E-state index contributed by atoms with van der Waals surface area (Å²) in [5.41, 5.74) is 1.85. The zero-order chi connectivity index (χ0) is 16.0. The van der Waals surface area contributed by atoms with E-state index in [9.17, 15) is 14.7 Å². The van der Waals surface area contributed by atoms with Crippen molar-refractivity contribution in [2.24, 2.45) is 0 Å². The van der Waals surface area contributed by atoms with Crippen molar-refractivity contribution >= 4 is 12.3 Å². The Morgan fingerprint density at radius 3 is 2.83 bits per heavy atom. The fourth-order valence-electron chi connectivity index (χ4n) is 4.10. The monoisotopic (exact) mass is 314 g/mol. The predicted molar refractivity (Wildman–Crippen MR) is 86.0 cm³/mol. The van der Waals surface area contributed by atoms with Gasteiger partial charge >= 0.3 is 5.97 Å². The number of carbonyl (C=O) groups is 2. The normalized spacial score (nSPS) is 31.4. The molecule has 0 spiro atoms. The number of carbonyl (C=O) groups excluding carboxylic acids is 1. The van der Waals surface area contributed by atoms with Crippen LogP contribution in [-0.4, -0.2) is 41.0 Å². The molecule has 2 fully saturated rings. The molecule has 3 atom stereocenters. The van der Waals surface area contributed by atoms with Gasteiger partial charge in [0, 0.05) is 24.5 Å². The minimum absolute atomic E-state index is 0.0157. The Labute approximate surface area is 135 Å². The van der Waals surface area contributed by atoms with Crippen molar-refractivity contribution in [3.63, 3.8) is 0 Å². The lowest BCUT2D eigenvalue weighted by molar-refractivity contribution is -0.144. The number of aldehydes is 1. The van der Waals surface area contributed by atoms with E-state index in [2.05, 4.69) is 16.7 Å². The average molecular weight is 314 g/mol. The smallest absolute Gasteiger partial charge is 0.329 e. The lowest BCUT2D eigenvalue weighted by Gasteiger charge is -2.48. The number of hydrogen-bond acceptors (Lipinski definition) is 4. The van der Waals surface area contributed by atoms with E-state index in [0.717, 1.165) is 49.5 Å². The Bertz CT molecular complexity index is 645. The van der Waals surface area contributed by atoms with Crippen molar-refractivity contribution in [3.8, 4) is 0 Å². The Balaban J connectivity index is 1.86. The molecule has 0 bridgehead atoms. The molecule has 0 saturated heterocycles. The van der Waals surface area contributed by atoms with Crippen LogP contribution < -0.4 is 10.6 Å². The van der Waals surface area contributed by atoms with Crippen molar-refractivity contribution in [2.75, 3.05) is 0 Å². The maximum atomic E-state index is 12.3. The first kappa shape index (κ1) is 14.8. The van der Waals surface area contributed by atoms with Crippen LogP contribution in [0.2, 0.25) is 0 Å². The molecule has 0 amide bonds. The highest BCUT2D eigenvalue weighted by molar-refractivity contribution is 5.89. The fraction of sp³-hybridized carbons (Fsp3) is 0.556.